The van der Waals surface area contributed by atoms with Crippen LogP contribution in [0.15, 0.2) is 17.5 Å². The van der Waals surface area contributed by atoms with Gasteiger partial charge in [-0.15, -0.1) is 11.3 Å². The van der Waals surface area contributed by atoms with Crippen LogP contribution in [0.3, 0.4) is 0 Å². The Morgan fingerprint density at radius 1 is 1.58 bits per heavy atom. The molecule has 2 heterocycles. The first kappa shape index (κ1) is 13.1. The molecule has 2 fully saturated rings. The first-order valence-corrected chi connectivity index (χ1v) is 7.72. The molecule has 2 aliphatic rings. The van der Waals surface area contributed by atoms with Gasteiger partial charge in [0.15, 0.2) is 0 Å². The lowest BCUT2D eigenvalue weighted by atomic mass is 10.0. The summed E-state index contributed by atoms with van der Waals surface area (Å²) in [5.74, 6) is -0.0331. The molecular weight excluding hydrogens is 262 g/mol. The van der Waals surface area contributed by atoms with Crippen molar-refractivity contribution >= 4 is 17.3 Å². The molecule has 19 heavy (non-hydrogen) atoms. The maximum absolute atomic E-state index is 11.0. The van der Waals surface area contributed by atoms with Gasteiger partial charge in [0, 0.05) is 23.5 Å². The Morgan fingerprint density at radius 3 is 3.05 bits per heavy atom. The third-order valence-electron chi connectivity index (χ3n) is 3.94. The first-order chi connectivity index (χ1) is 9.25. The highest BCUT2D eigenvalue weighted by atomic mass is 32.1. The molecule has 1 N–H and O–H groups in total. The van der Waals surface area contributed by atoms with Crippen molar-refractivity contribution in [2.45, 2.75) is 31.3 Å². The normalized spacial score (nSPS) is 26.2. The molecule has 1 aromatic rings. The molecule has 1 aliphatic carbocycles. The van der Waals surface area contributed by atoms with Crippen molar-refractivity contribution in [2.24, 2.45) is 5.92 Å². The van der Waals surface area contributed by atoms with E-state index in [0.717, 1.165) is 6.54 Å². The van der Waals surface area contributed by atoms with Crippen molar-refractivity contribution in [1.29, 1.82) is 0 Å². The number of aliphatic carboxylic acids is 1. The maximum atomic E-state index is 11.0. The van der Waals surface area contributed by atoms with Crippen LogP contribution in [0.1, 0.15) is 30.2 Å². The van der Waals surface area contributed by atoms with Crippen molar-refractivity contribution in [1.82, 2.24) is 4.90 Å². The quantitative estimate of drug-likeness (QED) is 0.900. The summed E-state index contributed by atoms with van der Waals surface area (Å²) in [5, 5.41) is 11.2. The van der Waals surface area contributed by atoms with E-state index in [-0.39, 0.29) is 12.5 Å². The fourth-order valence-electron chi connectivity index (χ4n) is 2.95. The van der Waals surface area contributed by atoms with Crippen molar-refractivity contribution in [3.63, 3.8) is 0 Å². The Labute approximate surface area is 117 Å². The third-order valence-corrected chi connectivity index (χ3v) is 4.89. The predicted molar refractivity (Wildman–Crippen MR) is 73.3 cm³/mol. The fourth-order valence-corrected chi connectivity index (χ4v) is 3.89. The average Bonchev–Trinajstić information content (AvgIpc) is 3.06. The molecule has 2 unspecified atom stereocenters. The Balaban J connectivity index is 1.80. The van der Waals surface area contributed by atoms with Crippen LogP contribution in [-0.4, -0.2) is 41.8 Å². The van der Waals surface area contributed by atoms with Crippen molar-refractivity contribution < 1.29 is 14.6 Å². The molecule has 1 saturated carbocycles. The molecule has 1 aromatic heterocycles. The van der Waals surface area contributed by atoms with Gasteiger partial charge >= 0.3 is 5.97 Å². The monoisotopic (exact) mass is 281 g/mol. The van der Waals surface area contributed by atoms with Gasteiger partial charge in [0.05, 0.1) is 19.6 Å². The molecule has 0 spiro atoms. The molecule has 0 amide bonds. The average molecular weight is 281 g/mol. The number of hydrogen-bond acceptors (Lipinski definition) is 4. The van der Waals surface area contributed by atoms with Crippen LogP contribution in [-0.2, 0) is 9.53 Å². The number of carboxylic acid groups (broad SMARTS) is 1. The minimum absolute atomic E-state index is 0.0129. The second kappa shape index (κ2) is 5.61. The maximum Gasteiger partial charge on any atom is 0.305 e. The van der Waals surface area contributed by atoms with Gasteiger partial charge in [0.25, 0.3) is 0 Å². The Hall–Kier alpha value is -0.910. The van der Waals surface area contributed by atoms with Gasteiger partial charge in [-0.1, -0.05) is 6.07 Å². The molecule has 1 aliphatic heterocycles. The summed E-state index contributed by atoms with van der Waals surface area (Å²) < 4.78 is 5.48. The summed E-state index contributed by atoms with van der Waals surface area (Å²) in [6.45, 7) is 2.10. The van der Waals surface area contributed by atoms with Crippen molar-refractivity contribution in [3.8, 4) is 0 Å². The number of morpholine rings is 1. The lowest BCUT2D eigenvalue weighted by Gasteiger charge is -2.40. The Morgan fingerprint density at radius 2 is 2.42 bits per heavy atom. The van der Waals surface area contributed by atoms with Crippen LogP contribution < -0.4 is 0 Å². The molecule has 104 valence electrons. The summed E-state index contributed by atoms with van der Waals surface area (Å²) in [7, 11) is 0. The standard InChI is InChI=1S/C14H19NO3S/c16-13(17)8-11-9-18-6-5-15(11)14(10-3-4-10)12-2-1-7-19-12/h1-2,7,10-11,14H,3-6,8-9H2,(H,16,17). The third kappa shape index (κ3) is 2.99. The molecule has 0 radical (unpaired) electrons. The molecule has 1 saturated heterocycles. The minimum Gasteiger partial charge on any atom is -0.481 e. The van der Waals surface area contributed by atoms with Crippen molar-refractivity contribution in [3.05, 3.63) is 22.4 Å². The topological polar surface area (TPSA) is 49.8 Å². The SMILES string of the molecule is O=C(O)CC1COCCN1C(c1cccs1)C1CC1. The lowest BCUT2D eigenvalue weighted by molar-refractivity contribution is -0.141. The second-order valence-electron chi connectivity index (χ2n) is 5.36. The molecule has 5 heteroatoms. The zero-order chi connectivity index (χ0) is 13.2. The van der Waals surface area contributed by atoms with Crippen LogP contribution >= 0.6 is 11.3 Å². The zero-order valence-corrected chi connectivity index (χ0v) is 11.6. The van der Waals surface area contributed by atoms with E-state index in [1.54, 1.807) is 11.3 Å². The highest BCUT2D eigenvalue weighted by Gasteiger charge is 2.41. The van der Waals surface area contributed by atoms with E-state index in [1.165, 1.54) is 17.7 Å². The largest absolute Gasteiger partial charge is 0.481 e. The summed E-state index contributed by atoms with van der Waals surface area (Å²) in [6, 6.07) is 4.68. The summed E-state index contributed by atoms with van der Waals surface area (Å²) in [4.78, 5) is 14.8. The number of nitrogens with zero attached hydrogens (tertiary/aromatic N) is 1. The van der Waals surface area contributed by atoms with Crippen LogP contribution in [0.4, 0.5) is 0 Å². The summed E-state index contributed by atoms with van der Waals surface area (Å²) in [6.07, 6.45) is 2.70. The lowest BCUT2D eigenvalue weighted by Crippen LogP contribution is -2.48. The molecule has 3 rings (SSSR count). The number of ether oxygens (including phenoxy) is 1. The molecule has 0 bridgehead atoms. The smallest absolute Gasteiger partial charge is 0.305 e. The van der Waals surface area contributed by atoms with E-state index in [1.807, 2.05) is 0 Å². The zero-order valence-electron chi connectivity index (χ0n) is 10.8. The van der Waals surface area contributed by atoms with Gasteiger partial charge in [-0.25, -0.2) is 0 Å². The van der Waals surface area contributed by atoms with Gasteiger partial charge in [-0.2, -0.15) is 0 Å². The van der Waals surface area contributed by atoms with Crippen molar-refractivity contribution in [2.75, 3.05) is 19.8 Å². The first-order valence-electron chi connectivity index (χ1n) is 6.84. The van der Waals surface area contributed by atoms with E-state index >= 15 is 0 Å². The molecule has 0 aromatic carbocycles. The van der Waals surface area contributed by atoms with E-state index in [4.69, 9.17) is 9.84 Å². The minimum atomic E-state index is -0.735. The van der Waals surface area contributed by atoms with Crippen LogP contribution in [0.5, 0.6) is 0 Å². The van der Waals surface area contributed by atoms with Crippen LogP contribution in [0.2, 0.25) is 0 Å². The van der Waals surface area contributed by atoms with E-state index in [2.05, 4.69) is 22.4 Å². The van der Waals surface area contributed by atoms with Crippen LogP contribution in [0.25, 0.3) is 0 Å². The Bertz CT molecular complexity index is 430. The van der Waals surface area contributed by atoms with Gasteiger partial charge < -0.3 is 9.84 Å². The van der Waals surface area contributed by atoms with Gasteiger partial charge in [0.2, 0.25) is 0 Å². The van der Waals surface area contributed by atoms with Gasteiger partial charge in [0.1, 0.15) is 0 Å². The predicted octanol–water partition coefficient (Wildman–Crippen LogP) is 2.37. The highest BCUT2D eigenvalue weighted by Crippen LogP contribution is 2.47. The summed E-state index contributed by atoms with van der Waals surface area (Å²) in [5.41, 5.74) is 0. The number of hydrogen-bond donors (Lipinski definition) is 1. The molecule has 4 nitrogen and oxygen atoms in total. The second-order valence-corrected chi connectivity index (χ2v) is 6.34. The fraction of sp³-hybridized carbons (Fsp3) is 0.643. The molecular formula is C14H19NO3S. The summed E-state index contributed by atoms with van der Waals surface area (Å²) >= 11 is 1.78. The van der Waals surface area contributed by atoms with E-state index < -0.39 is 5.97 Å². The number of carbonyl (C=O) groups is 1. The Kier molecular flexibility index (Phi) is 3.86. The molecule has 2 atom stereocenters. The van der Waals surface area contributed by atoms with E-state index in [0.29, 0.717) is 25.2 Å². The van der Waals surface area contributed by atoms with Crippen LogP contribution in [0, 0.1) is 5.92 Å². The number of rotatable bonds is 5. The highest BCUT2D eigenvalue weighted by molar-refractivity contribution is 7.10. The number of thiophene rings is 1. The number of carboxylic acids is 1. The van der Waals surface area contributed by atoms with Gasteiger partial charge in [-0.3, -0.25) is 9.69 Å². The van der Waals surface area contributed by atoms with E-state index in [9.17, 15) is 4.79 Å². The van der Waals surface area contributed by atoms with Gasteiger partial charge in [-0.05, 0) is 30.2 Å².